The summed E-state index contributed by atoms with van der Waals surface area (Å²) in [6.07, 6.45) is 2.09. The van der Waals surface area contributed by atoms with E-state index in [1.807, 2.05) is 23.6 Å². The maximum atomic E-state index is 12.8. The number of aromatic amines is 1. The molecule has 0 fully saturated rings. The Morgan fingerprint density at radius 2 is 1.76 bits per heavy atom. The summed E-state index contributed by atoms with van der Waals surface area (Å²) in [4.78, 5) is 23.0. The number of aromatic hydroxyl groups is 1. The number of aliphatic imine (C=N–C) groups is 1. The van der Waals surface area contributed by atoms with Crippen molar-refractivity contribution in [2.45, 2.75) is 0 Å². The molecule has 0 saturated heterocycles. The van der Waals surface area contributed by atoms with Gasteiger partial charge in [0.15, 0.2) is 5.88 Å². The molecule has 2 N–H and O–H groups in total. The monoisotopic (exact) mass is 485 g/mol. The second-order valence-corrected chi connectivity index (χ2v) is 10.6. The highest BCUT2D eigenvalue weighted by Crippen LogP contribution is 2.43. The molecule has 9 heteroatoms. The fourth-order valence-electron chi connectivity index (χ4n) is 5.10. The van der Waals surface area contributed by atoms with Gasteiger partial charge in [-0.3, -0.25) is 4.79 Å². The normalized spacial score (nSPS) is 13.5. The molecule has 0 unspecified atom stereocenters. The van der Waals surface area contributed by atoms with Gasteiger partial charge in [-0.15, -0.1) is 22.7 Å². The number of carbonyl (C=O) groups is 1. The molecule has 1 amide bonds. The number of hydrogen-bond donors (Lipinski definition) is 2. The zero-order valence-corrected chi connectivity index (χ0v) is 20.2. The molecule has 1 aliphatic rings. The summed E-state index contributed by atoms with van der Waals surface area (Å²) in [6.45, 7) is 0. The van der Waals surface area contributed by atoms with E-state index in [-0.39, 0.29) is 11.8 Å². The van der Waals surface area contributed by atoms with Crippen LogP contribution in [0.2, 0.25) is 0 Å². The summed E-state index contributed by atoms with van der Waals surface area (Å²) in [5.74, 6) is -0.343. The van der Waals surface area contributed by atoms with Crippen LogP contribution in [-0.4, -0.2) is 35.4 Å². The van der Waals surface area contributed by atoms with Crippen LogP contribution in [0, 0.1) is 0 Å². The van der Waals surface area contributed by atoms with Gasteiger partial charge in [-0.1, -0.05) is 6.07 Å². The van der Waals surface area contributed by atoms with Crippen LogP contribution in [0.25, 0.3) is 43.2 Å². The summed E-state index contributed by atoms with van der Waals surface area (Å²) < 4.78 is 6.61. The molecule has 168 valence electrons. The number of H-pyrrole nitrogens is 1. The Balaban J connectivity index is 1.36. The minimum atomic E-state index is -0.324. The van der Waals surface area contributed by atoms with Gasteiger partial charge in [0.25, 0.3) is 5.91 Å². The van der Waals surface area contributed by atoms with Crippen LogP contribution in [0.4, 0.5) is 0 Å². The van der Waals surface area contributed by atoms with Crippen molar-refractivity contribution in [3.05, 3.63) is 64.0 Å². The van der Waals surface area contributed by atoms with E-state index in [2.05, 4.69) is 69.2 Å². The molecule has 34 heavy (non-hydrogen) atoms. The van der Waals surface area contributed by atoms with Gasteiger partial charge in [-0.25, -0.2) is 4.99 Å². The lowest BCUT2D eigenvalue weighted by Gasteiger charge is -2.02. The quantitative estimate of drug-likeness (QED) is 0.348. The molecule has 0 bridgehead atoms. The number of nitrogens with zero attached hydrogens (tertiary/aromatic N) is 4. The van der Waals surface area contributed by atoms with E-state index in [1.165, 1.54) is 33.4 Å². The average molecular weight is 486 g/mol. The number of carbonyl (C=O) groups excluding carboxylic acids is 1. The van der Waals surface area contributed by atoms with Crippen LogP contribution in [0.1, 0.15) is 20.8 Å². The minimum Gasteiger partial charge on any atom is -0.494 e. The van der Waals surface area contributed by atoms with Gasteiger partial charge < -0.3 is 23.8 Å². The van der Waals surface area contributed by atoms with E-state index >= 15 is 0 Å². The zero-order chi connectivity index (χ0) is 23.3. The van der Waals surface area contributed by atoms with Crippen LogP contribution in [0.15, 0.2) is 53.0 Å². The highest BCUT2D eigenvalue weighted by atomic mass is 32.1. The van der Waals surface area contributed by atoms with Crippen molar-refractivity contribution in [1.82, 2.24) is 18.7 Å². The second kappa shape index (κ2) is 6.62. The molecule has 0 spiro atoms. The third kappa shape index (κ3) is 2.40. The van der Waals surface area contributed by atoms with Crippen molar-refractivity contribution in [2.24, 2.45) is 26.1 Å². The highest BCUT2D eigenvalue weighted by molar-refractivity contribution is 7.18. The number of thiophene rings is 2. The molecular weight excluding hydrogens is 466 g/mol. The lowest BCUT2D eigenvalue weighted by molar-refractivity contribution is 0.101. The molecule has 1 aliphatic heterocycles. The SMILES string of the molecule is Cn1ccc2c1c1c(cc(-c3ccc(-c4[nH]c(O)c5c4C(=O)N=C5c4cccs4)s3)n1C)n2C. The third-order valence-electron chi connectivity index (χ3n) is 6.71. The van der Waals surface area contributed by atoms with Crippen molar-refractivity contribution < 1.29 is 9.90 Å². The smallest absolute Gasteiger partial charge is 0.280 e. The number of aryl methyl sites for hydroxylation is 3. The molecule has 6 aromatic heterocycles. The lowest BCUT2D eigenvalue weighted by Crippen LogP contribution is -1.96. The van der Waals surface area contributed by atoms with Crippen molar-refractivity contribution >= 4 is 56.4 Å². The van der Waals surface area contributed by atoms with Crippen LogP contribution in [0.5, 0.6) is 5.88 Å². The summed E-state index contributed by atoms with van der Waals surface area (Å²) in [5.41, 5.74) is 7.98. The predicted molar refractivity (Wildman–Crippen MR) is 137 cm³/mol. The van der Waals surface area contributed by atoms with Gasteiger partial charge in [0.05, 0.1) is 64.9 Å². The van der Waals surface area contributed by atoms with Gasteiger partial charge in [-0.2, -0.15) is 0 Å². The molecule has 0 atom stereocenters. The van der Waals surface area contributed by atoms with E-state index in [0.717, 1.165) is 20.3 Å². The minimum absolute atomic E-state index is 0.0198. The van der Waals surface area contributed by atoms with E-state index in [4.69, 9.17) is 0 Å². The fourth-order valence-corrected chi connectivity index (χ4v) is 6.88. The van der Waals surface area contributed by atoms with Crippen LogP contribution < -0.4 is 0 Å². The summed E-state index contributed by atoms with van der Waals surface area (Å²) in [7, 11) is 6.25. The number of nitrogens with one attached hydrogen (secondary N) is 1. The molecule has 0 aromatic carbocycles. The number of aromatic nitrogens is 4. The molecule has 0 saturated carbocycles. The first-order valence-corrected chi connectivity index (χ1v) is 12.5. The molecule has 7 heterocycles. The molecule has 7 nitrogen and oxygen atoms in total. The summed E-state index contributed by atoms with van der Waals surface area (Å²) in [5, 5.41) is 12.6. The number of amides is 1. The zero-order valence-electron chi connectivity index (χ0n) is 18.6. The van der Waals surface area contributed by atoms with Gasteiger partial charge in [0.1, 0.15) is 0 Å². The van der Waals surface area contributed by atoms with Crippen LogP contribution in [0.3, 0.4) is 0 Å². The summed E-state index contributed by atoms with van der Waals surface area (Å²) >= 11 is 3.09. The number of fused-ring (bicyclic) bond motifs is 4. The Morgan fingerprint density at radius 3 is 2.56 bits per heavy atom. The first kappa shape index (κ1) is 19.6. The first-order valence-electron chi connectivity index (χ1n) is 10.8. The lowest BCUT2D eigenvalue weighted by atomic mass is 10.1. The summed E-state index contributed by atoms with van der Waals surface area (Å²) in [6, 6.07) is 12.2. The highest BCUT2D eigenvalue weighted by Gasteiger charge is 2.34. The van der Waals surface area contributed by atoms with Crippen molar-refractivity contribution in [3.63, 3.8) is 0 Å². The van der Waals surface area contributed by atoms with E-state index in [1.54, 1.807) is 11.3 Å². The topological polar surface area (TPSA) is 80.2 Å². The van der Waals surface area contributed by atoms with Gasteiger partial charge >= 0.3 is 0 Å². The van der Waals surface area contributed by atoms with Gasteiger partial charge in [0.2, 0.25) is 0 Å². The van der Waals surface area contributed by atoms with Gasteiger partial charge in [-0.05, 0) is 35.7 Å². The first-order chi connectivity index (χ1) is 16.4. The van der Waals surface area contributed by atoms with E-state index < -0.39 is 0 Å². The molecule has 6 aromatic rings. The molecular formula is C25H19N5O2S2. The number of rotatable bonds is 3. The van der Waals surface area contributed by atoms with Crippen molar-refractivity contribution in [3.8, 4) is 27.0 Å². The van der Waals surface area contributed by atoms with Gasteiger partial charge in [0, 0.05) is 27.3 Å². The number of hydrogen-bond acceptors (Lipinski definition) is 4. The Hall–Kier alpha value is -3.82. The Morgan fingerprint density at radius 1 is 0.941 bits per heavy atom. The average Bonchev–Trinajstić information content (AvgIpc) is 3.62. The largest absolute Gasteiger partial charge is 0.494 e. The van der Waals surface area contributed by atoms with Crippen molar-refractivity contribution in [1.29, 1.82) is 0 Å². The van der Waals surface area contributed by atoms with Crippen LogP contribution >= 0.6 is 22.7 Å². The third-order valence-corrected chi connectivity index (χ3v) is 8.72. The Bertz CT molecular complexity index is 1820. The molecule has 7 rings (SSSR count). The van der Waals surface area contributed by atoms with Crippen LogP contribution in [-0.2, 0) is 21.1 Å². The van der Waals surface area contributed by atoms with Crippen molar-refractivity contribution in [2.75, 3.05) is 0 Å². The molecule has 0 radical (unpaired) electrons. The fraction of sp³-hybridized carbons (Fsp3) is 0.120. The standard InChI is InChI=1S/C25H19N5O2S2/c1-28-9-8-12-22(28)23-14(29(12)2)11-13(30(23)3)15-6-7-17(34-15)21-19-18(24(31)27-21)20(26-25(19)32)16-5-4-10-33-16/h4-11,27,31H,1-3H3. The maximum Gasteiger partial charge on any atom is 0.280 e. The Kier molecular flexibility index (Phi) is 3.82. The second-order valence-electron chi connectivity index (χ2n) is 8.55. The Labute approximate surface area is 201 Å². The maximum absolute atomic E-state index is 12.8. The molecule has 0 aliphatic carbocycles. The van der Waals surface area contributed by atoms with E-state index in [9.17, 15) is 9.90 Å². The van der Waals surface area contributed by atoms with E-state index in [0.29, 0.717) is 22.5 Å². The predicted octanol–water partition coefficient (Wildman–Crippen LogP) is 5.49.